The zero-order chi connectivity index (χ0) is 20.5. The molecule has 2 aromatic rings. The summed E-state index contributed by atoms with van der Waals surface area (Å²) in [5.41, 5.74) is 0.125. The second kappa shape index (κ2) is 7.89. The maximum atomic E-state index is 13.1. The van der Waals surface area contributed by atoms with E-state index in [4.69, 9.17) is 33.2 Å². The third-order valence-electron chi connectivity index (χ3n) is 4.06. The monoisotopic (exact) mass is 460 g/mol. The summed E-state index contributed by atoms with van der Waals surface area (Å²) in [5, 5.41) is 9.76. The van der Waals surface area contributed by atoms with Crippen molar-refractivity contribution in [2.45, 2.75) is 4.90 Å². The Hall–Kier alpha value is -1.83. The summed E-state index contributed by atoms with van der Waals surface area (Å²) in [5.74, 6) is -0.320. The number of hydrogen-bond donors (Lipinski definition) is 0. The lowest BCUT2D eigenvalue weighted by Crippen LogP contribution is -2.43. The van der Waals surface area contributed by atoms with Gasteiger partial charge in [-0.2, -0.15) is 9.57 Å². The highest BCUT2D eigenvalue weighted by Gasteiger charge is 2.33. The predicted octanol–water partition coefficient (Wildman–Crippen LogP) is 3.08. The molecule has 0 unspecified atom stereocenters. The van der Waals surface area contributed by atoms with E-state index in [0.717, 1.165) is 4.31 Å². The van der Waals surface area contributed by atoms with E-state index >= 15 is 0 Å². The average molecular weight is 461 g/mol. The fraction of sp³-hybridized carbons (Fsp3) is 0.235. The lowest BCUT2D eigenvalue weighted by atomic mass is 10.2. The number of sulfone groups is 1. The van der Waals surface area contributed by atoms with Crippen molar-refractivity contribution in [3.63, 3.8) is 0 Å². The van der Waals surface area contributed by atoms with Gasteiger partial charge in [-0.3, -0.25) is 0 Å². The number of nitriles is 1. The third kappa shape index (κ3) is 4.59. The van der Waals surface area contributed by atoms with Crippen LogP contribution < -0.4 is 4.74 Å². The van der Waals surface area contributed by atoms with Crippen LogP contribution in [-0.4, -0.2) is 45.7 Å². The van der Waals surface area contributed by atoms with Gasteiger partial charge in [0.05, 0.1) is 23.1 Å². The van der Waals surface area contributed by atoms with Crippen molar-refractivity contribution in [2.75, 3.05) is 24.6 Å². The summed E-state index contributed by atoms with van der Waals surface area (Å²) >= 11 is 11.9. The normalized spacial score (nSPS) is 17.0. The van der Waals surface area contributed by atoms with E-state index in [1.54, 1.807) is 0 Å². The van der Waals surface area contributed by atoms with Gasteiger partial charge in [0.15, 0.2) is 9.84 Å². The molecule has 1 aliphatic rings. The molecule has 0 aliphatic carbocycles. The van der Waals surface area contributed by atoms with E-state index in [1.165, 1.54) is 36.4 Å². The summed E-state index contributed by atoms with van der Waals surface area (Å²) in [7, 11) is -7.35. The molecule has 1 fully saturated rings. The molecule has 28 heavy (non-hydrogen) atoms. The predicted molar refractivity (Wildman–Crippen MR) is 105 cm³/mol. The van der Waals surface area contributed by atoms with E-state index in [-0.39, 0.29) is 46.6 Å². The van der Waals surface area contributed by atoms with Crippen molar-refractivity contribution in [3.05, 3.63) is 52.0 Å². The van der Waals surface area contributed by atoms with Gasteiger partial charge in [0.1, 0.15) is 16.4 Å². The molecular formula is C17H14Cl2N2O5S2. The molecule has 0 radical (unpaired) electrons. The molecule has 3 rings (SSSR count). The van der Waals surface area contributed by atoms with Gasteiger partial charge in [-0.15, -0.1) is 0 Å². The van der Waals surface area contributed by atoms with Gasteiger partial charge in [-0.1, -0.05) is 23.2 Å². The summed E-state index contributed by atoms with van der Waals surface area (Å²) in [4.78, 5) is -0.234. The van der Waals surface area contributed by atoms with Crippen LogP contribution in [0.5, 0.6) is 11.5 Å². The largest absolute Gasteiger partial charge is 0.456 e. The van der Waals surface area contributed by atoms with E-state index in [9.17, 15) is 16.8 Å². The topological polar surface area (TPSA) is 105 Å². The van der Waals surface area contributed by atoms with Crippen LogP contribution in [0.4, 0.5) is 0 Å². The molecule has 1 saturated heterocycles. The summed E-state index contributed by atoms with van der Waals surface area (Å²) in [6.45, 7) is -0.326. The molecule has 0 amide bonds. The van der Waals surface area contributed by atoms with Gasteiger partial charge in [0, 0.05) is 23.1 Å². The highest BCUT2D eigenvalue weighted by molar-refractivity contribution is 7.92. The van der Waals surface area contributed by atoms with Crippen molar-refractivity contribution < 1.29 is 21.6 Å². The first kappa shape index (κ1) is 20.9. The smallest absolute Gasteiger partial charge is 0.246 e. The molecule has 0 saturated carbocycles. The lowest BCUT2D eigenvalue weighted by Gasteiger charge is -2.26. The Morgan fingerprint density at radius 2 is 1.64 bits per heavy atom. The number of halogens is 2. The Bertz CT molecular complexity index is 1140. The van der Waals surface area contributed by atoms with Crippen LogP contribution in [0.1, 0.15) is 5.56 Å². The average Bonchev–Trinajstić information content (AvgIpc) is 2.60. The van der Waals surface area contributed by atoms with Gasteiger partial charge < -0.3 is 4.74 Å². The Labute approximate surface area is 173 Å². The molecule has 0 spiro atoms. The van der Waals surface area contributed by atoms with Gasteiger partial charge in [-0.25, -0.2) is 16.8 Å². The number of ether oxygens (including phenoxy) is 1. The molecule has 0 atom stereocenters. The fourth-order valence-electron chi connectivity index (χ4n) is 2.65. The second-order valence-corrected chi connectivity index (χ2v) is 11.1. The summed E-state index contributed by atoms with van der Waals surface area (Å²) in [6.07, 6.45) is 0. The highest BCUT2D eigenvalue weighted by Crippen LogP contribution is 2.34. The molecule has 1 heterocycles. The maximum Gasteiger partial charge on any atom is 0.246 e. The SMILES string of the molecule is N#Cc1ccc(Oc2cc(Cl)cc(Cl)c2)c(S(=O)(=O)N2CCS(=O)(=O)CC2)c1. The van der Waals surface area contributed by atoms with Gasteiger partial charge >= 0.3 is 0 Å². The first-order valence-electron chi connectivity index (χ1n) is 7.99. The fourth-order valence-corrected chi connectivity index (χ4v) is 6.17. The maximum absolute atomic E-state index is 13.1. The summed E-state index contributed by atoms with van der Waals surface area (Å²) < 4.78 is 56.2. The van der Waals surface area contributed by atoms with E-state index in [0.29, 0.717) is 10.0 Å². The third-order valence-corrected chi connectivity index (χ3v) is 8.02. The Balaban J connectivity index is 2.02. The molecule has 0 bridgehead atoms. The van der Waals surface area contributed by atoms with Crippen LogP contribution in [0.3, 0.4) is 0 Å². The van der Waals surface area contributed by atoms with Crippen LogP contribution in [0, 0.1) is 11.3 Å². The second-order valence-electron chi connectivity index (χ2n) is 6.04. The molecule has 0 aromatic heterocycles. The van der Waals surface area contributed by atoms with Crippen LogP contribution in [0.2, 0.25) is 10.0 Å². The molecule has 1 aliphatic heterocycles. The van der Waals surface area contributed by atoms with Gasteiger partial charge in [0.25, 0.3) is 0 Å². The van der Waals surface area contributed by atoms with Gasteiger partial charge in [-0.05, 0) is 36.4 Å². The first-order valence-corrected chi connectivity index (χ1v) is 12.0. The summed E-state index contributed by atoms with van der Waals surface area (Å²) in [6, 6.07) is 10.3. The number of hydrogen-bond acceptors (Lipinski definition) is 6. The zero-order valence-corrected chi connectivity index (χ0v) is 17.4. The van der Waals surface area contributed by atoms with Crippen molar-refractivity contribution in [1.29, 1.82) is 5.26 Å². The van der Waals surface area contributed by atoms with E-state index in [1.807, 2.05) is 6.07 Å². The van der Waals surface area contributed by atoms with Crippen molar-refractivity contribution in [1.82, 2.24) is 4.31 Å². The Kier molecular flexibility index (Phi) is 5.89. The van der Waals surface area contributed by atoms with Crippen LogP contribution >= 0.6 is 23.2 Å². The molecule has 148 valence electrons. The minimum Gasteiger partial charge on any atom is -0.456 e. The van der Waals surface area contributed by atoms with Crippen molar-refractivity contribution in [3.8, 4) is 17.6 Å². The quantitative estimate of drug-likeness (QED) is 0.693. The molecule has 2 aromatic carbocycles. The Morgan fingerprint density at radius 1 is 1.04 bits per heavy atom. The minimum absolute atomic E-state index is 0.0224. The Morgan fingerprint density at radius 3 is 2.21 bits per heavy atom. The molecule has 11 heteroatoms. The van der Waals surface area contributed by atoms with Crippen molar-refractivity contribution >= 4 is 43.1 Å². The molecular weight excluding hydrogens is 447 g/mol. The van der Waals surface area contributed by atoms with Crippen molar-refractivity contribution in [2.24, 2.45) is 0 Å². The minimum atomic E-state index is -4.09. The number of nitrogens with zero attached hydrogens (tertiary/aromatic N) is 2. The first-order chi connectivity index (χ1) is 13.1. The van der Waals surface area contributed by atoms with E-state index < -0.39 is 19.9 Å². The van der Waals surface area contributed by atoms with Gasteiger partial charge in [0.2, 0.25) is 10.0 Å². The number of benzene rings is 2. The standard InChI is InChI=1S/C17H14Cl2N2O5S2/c18-13-8-14(19)10-15(9-13)26-16-2-1-12(11-20)7-17(16)28(24,25)21-3-5-27(22,23)6-4-21/h1-2,7-10H,3-6H2. The zero-order valence-electron chi connectivity index (χ0n) is 14.3. The number of rotatable bonds is 4. The van der Waals surface area contributed by atoms with Crippen LogP contribution in [0.15, 0.2) is 41.3 Å². The molecule has 7 nitrogen and oxygen atoms in total. The van der Waals surface area contributed by atoms with Crippen LogP contribution in [-0.2, 0) is 19.9 Å². The lowest BCUT2D eigenvalue weighted by molar-refractivity contribution is 0.422. The molecule has 0 N–H and O–H groups in total. The number of sulfonamides is 1. The van der Waals surface area contributed by atoms with E-state index in [2.05, 4.69) is 0 Å². The highest BCUT2D eigenvalue weighted by atomic mass is 35.5. The van der Waals surface area contributed by atoms with Crippen LogP contribution in [0.25, 0.3) is 0 Å².